The van der Waals surface area contributed by atoms with Crippen molar-refractivity contribution < 1.29 is 51.0 Å². The molecule has 3 heterocycles. The molecule has 1 aromatic carbocycles. The number of ether oxygens (including phenoxy) is 2. The van der Waals surface area contributed by atoms with Crippen molar-refractivity contribution >= 4 is 45.6 Å². The van der Waals surface area contributed by atoms with Gasteiger partial charge in [-0.2, -0.15) is 0 Å². The largest absolute Gasteiger partial charge is 0.460 e. The molecule has 3 fully saturated rings. The molecule has 2 saturated carbocycles. The topological polar surface area (TPSA) is 177 Å². The van der Waals surface area contributed by atoms with Crippen LogP contribution in [0.1, 0.15) is 83.3 Å². The Kier molecular flexibility index (Phi) is 11.3. The summed E-state index contributed by atoms with van der Waals surface area (Å²) in [5.74, 6) is -5.22. The van der Waals surface area contributed by atoms with E-state index >= 15 is 0 Å². The summed E-state index contributed by atoms with van der Waals surface area (Å²) in [6.45, 7) is 8.47. The predicted octanol–water partition coefficient (Wildman–Crippen LogP) is 3.53. The number of halogens is 1. The van der Waals surface area contributed by atoms with Gasteiger partial charge in [0.25, 0.3) is 0 Å². The fourth-order valence-corrected chi connectivity index (χ4v) is 9.19. The summed E-state index contributed by atoms with van der Waals surface area (Å²) in [6, 6.07) is 3.35. The first kappa shape index (κ1) is 40.1. The molecule has 1 saturated heterocycles. The number of nitrogens with one attached hydrogen (secondary N) is 1. The molecule has 16 heteroatoms. The lowest BCUT2D eigenvalue weighted by Crippen LogP contribution is -2.49. The zero-order valence-electron chi connectivity index (χ0n) is 31.5. The highest BCUT2D eigenvalue weighted by Crippen LogP contribution is 2.57. The van der Waals surface area contributed by atoms with Crippen LogP contribution in [-0.2, 0) is 56.6 Å². The van der Waals surface area contributed by atoms with Gasteiger partial charge in [0.1, 0.15) is 17.5 Å². The third kappa shape index (κ3) is 9.11. The third-order valence-electron chi connectivity index (χ3n) is 10.9. The van der Waals surface area contributed by atoms with Crippen molar-refractivity contribution in [3.8, 4) is 0 Å². The van der Waals surface area contributed by atoms with Gasteiger partial charge in [-0.15, -0.1) is 0 Å². The van der Waals surface area contributed by atoms with Crippen LogP contribution in [0, 0.1) is 23.1 Å². The summed E-state index contributed by atoms with van der Waals surface area (Å²) in [7, 11) is -3.93. The molecule has 14 nitrogen and oxygen atoms in total. The second-order valence-corrected chi connectivity index (χ2v) is 18.3. The van der Waals surface area contributed by atoms with E-state index in [4.69, 9.17) is 9.47 Å². The summed E-state index contributed by atoms with van der Waals surface area (Å²) >= 11 is 0. The number of amides is 4. The number of carbonyl (C=O) groups is 6. The first-order valence-electron chi connectivity index (χ1n) is 18.8. The number of sulfonamides is 1. The van der Waals surface area contributed by atoms with Crippen molar-refractivity contribution in [1.82, 2.24) is 19.4 Å². The quantitative estimate of drug-likeness (QED) is 0.245. The number of fused-ring (bicyclic) bond motifs is 3. The first-order valence-corrected chi connectivity index (χ1v) is 20.4. The summed E-state index contributed by atoms with van der Waals surface area (Å²) < 4.78 is 53.8. The van der Waals surface area contributed by atoms with Gasteiger partial charge < -0.3 is 19.3 Å². The number of esters is 1. The lowest BCUT2D eigenvalue weighted by Gasteiger charge is -2.32. The Morgan fingerprint density at radius 2 is 1.84 bits per heavy atom. The zero-order chi connectivity index (χ0) is 39.9. The maximum absolute atomic E-state index is 14.7. The van der Waals surface area contributed by atoms with E-state index in [0.717, 1.165) is 6.08 Å². The van der Waals surface area contributed by atoms with E-state index in [1.807, 2.05) is 6.08 Å². The molecule has 0 bridgehead atoms. The van der Waals surface area contributed by atoms with Gasteiger partial charge in [-0.1, -0.05) is 30.9 Å². The maximum atomic E-state index is 14.7. The summed E-state index contributed by atoms with van der Waals surface area (Å²) in [5, 5.41) is -0.667. The van der Waals surface area contributed by atoms with E-state index in [-0.39, 0.29) is 52.0 Å². The lowest BCUT2D eigenvalue weighted by atomic mass is 9.91. The second kappa shape index (κ2) is 15.5. The van der Waals surface area contributed by atoms with Gasteiger partial charge in [0.15, 0.2) is 5.78 Å². The van der Waals surface area contributed by atoms with Crippen LogP contribution in [0.5, 0.6) is 0 Å². The van der Waals surface area contributed by atoms with Crippen LogP contribution in [0.4, 0.5) is 9.18 Å². The number of ketones is 1. The fraction of sp³-hybridized carbons (Fsp3) is 0.590. The molecule has 4 amide bonds. The molecular weight excluding hydrogens is 736 g/mol. The molecule has 55 heavy (non-hydrogen) atoms. The van der Waals surface area contributed by atoms with Crippen LogP contribution in [0.3, 0.4) is 0 Å². The molecule has 0 radical (unpaired) electrons. The standard InChI is InChI=1S/C39H49FN4O10S/c1-5-33(46)42-15-8-6-7-11-26-18-39(26,36(49)41-55(51,52)28-13-14-28)19-32(45)31-17-27(53-37(50)43-20-24-10-9-12-30(40)29(24)23-43)22-44(31)35(48)25(21-42)16-34(47)54-38(2,3)4/h5,7,9-12,25-28,31H,1,6,8,13-23H2,2-4H3,(H,41,49)/b11-7-/t25-,26?,27?,31-,39+/m0/s1. The molecule has 2 aliphatic carbocycles. The Morgan fingerprint density at radius 3 is 2.51 bits per heavy atom. The van der Waals surface area contributed by atoms with Crippen molar-refractivity contribution in [2.75, 3.05) is 19.6 Å². The predicted molar refractivity (Wildman–Crippen MR) is 195 cm³/mol. The highest BCUT2D eigenvalue weighted by molar-refractivity contribution is 7.90. The van der Waals surface area contributed by atoms with Crippen LogP contribution in [0.15, 0.2) is 43.0 Å². The summed E-state index contributed by atoms with van der Waals surface area (Å²) in [5.41, 5.74) is -1.27. The average molecular weight is 785 g/mol. The molecular formula is C39H49FN4O10S. The van der Waals surface area contributed by atoms with Gasteiger partial charge in [-0.3, -0.25) is 33.6 Å². The van der Waals surface area contributed by atoms with Gasteiger partial charge in [-0.25, -0.2) is 17.6 Å². The molecule has 3 aliphatic heterocycles. The Hall–Kier alpha value is -4.60. The number of nitrogens with zero attached hydrogens (tertiary/aromatic N) is 3. The van der Waals surface area contributed by atoms with Gasteiger partial charge in [-0.05, 0) is 76.5 Å². The Balaban J connectivity index is 1.31. The van der Waals surface area contributed by atoms with Crippen LogP contribution < -0.4 is 4.72 Å². The van der Waals surface area contributed by atoms with Gasteiger partial charge in [0, 0.05) is 38.0 Å². The van der Waals surface area contributed by atoms with E-state index in [1.165, 1.54) is 20.8 Å². The van der Waals surface area contributed by atoms with Crippen molar-refractivity contribution in [3.63, 3.8) is 0 Å². The SMILES string of the molecule is C=CC(=O)N1CCC/C=C\C2C[C@@]2(C(=O)NS(=O)(=O)C2CC2)CC(=O)[C@@H]2CC(OC(=O)N3Cc4cccc(F)c4C3)CN2C(=O)[C@@H](CC(=O)OC(C)(C)C)C1. The monoisotopic (exact) mass is 784 g/mol. The number of Topliss-reactive ketones (excluding diaryl/α,β-unsaturated/α-hetero) is 1. The number of allylic oxidation sites excluding steroid dienone is 2. The molecule has 0 spiro atoms. The third-order valence-corrected chi connectivity index (χ3v) is 12.7. The van der Waals surface area contributed by atoms with Crippen molar-refractivity contribution in [2.24, 2.45) is 17.3 Å². The molecule has 298 valence electrons. The van der Waals surface area contributed by atoms with E-state index < -0.39 is 98.1 Å². The molecule has 2 unspecified atom stereocenters. The van der Waals surface area contributed by atoms with Crippen molar-refractivity contribution in [2.45, 2.75) is 108 Å². The van der Waals surface area contributed by atoms with E-state index in [0.29, 0.717) is 36.8 Å². The van der Waals surface area contributed by atoms with Crippen molar-refractivity contribution in [1.29, 1.82) is 0 Å². The van der Waals surface area contributed by atoms with Crippen LogP contribution in [0.25, 0.3) is 0 Å². The van der Waals surface area contributed by atoms with Crippen molar-refractivity contribution in [3.05, 3.63) is 60.0 Å². The summed E-state index contributed by atoms with van der Waals surface area (Å²) in [6.07, 6.45) is 4.02. The van der Waals surface area contributed by atoms with E-state index in [9.17, 15) is 41.6 Å². The first-order chi connectivity index (χ1) is 25.9. The van der Waals surface area contributed by atoms with Gasteiger partial charge in [0.05, 0.1) is 42.1 Å². The van der Waals surface area contributed by atoms with Gasteiger partial charge >= 0.3 is 12.1 Å². The van der Waals surface area contributed by atoms with E-state index in [1.54, 1.807) is 39.0 Å². The average Bonchev–Trinajstić information content (AvgIpc) is 3.99. The normalized spacial score (nSPS) is 27.8. The number of rotatable bonds is 7. The number of carbonyl (C=O) groups excluding carboxylic acids is 6. The second-order valence-electron chi connectivity index (χ2n) is 16.3. The minimum Gasteiger partial charge on any atom is -0.460 e. The highest BCUT2D eigenvalue weighted by Gasteiger charge is 2.61. The highest BCUT2D eigenvalue weighted by atomic mass is 32.2. The number of hydrogen-bond acceptors (Lipinski definition) is 10. The number of hydrogen-bond donors (Lipinski definition) is 1. The molecule has 1 aromatic rings. The Labute approximate surface area is 320 Å². The van der Waals surface area contributed by atoms with Gasteiger partial charge in [0.2, 0.25) is 27.7 Å². The molecule has 6 rings (SSSR count). The van der Waals surface area contributed by atoms with E-state index in [2.05, 4.69) is 11.3 Å². The minimum atomic E-state index is -3.93. The Morgan fingerprint density at radius 1 is 1.09 bits per heavy atom. The molecule has 1 N–H and O–H groups in total. The molecule has 5 atom stereocenters. The number of benzene rings is 1. The minimum absolute atomic E-state index is 0.0278. The smallest absolute Gasteiger partial charge is 0.410 e. The van der Waals surface area contributed by atoms with Crippen LogP contribution in [0.2, 0.25) is 0 Å². The molecule has 0 aromatic heterocycles. The lowest BCUT2D eigenvalue weighted by molar-refractivity contribution is -0.159. The van der Waals surface area contributed by atoms with Crippen LogP contribution in [-0.4, -0.2) is 101 Å². The zero-order valence-corrected chi connectivity index (χ0v) is 32.3. The fourth-order valence-electron chi connectivity index (χ4n) is 7.81. The summed E-state index contributed by atoms with van der Waals surface area (Å²) in [4.78, 5) is 86.5. The molecule has 5 aliphatic rings. The maximum Gasteiger partial charge on any atom is 0.410 e. The Bertz CT molecular complexity index is 1910. The van der Waals surface area contributed by atoms with Crippen LogP contribution >= 0.6 is 0 Å².